The lowest BCUT2D eigenvalue weighted by molar-refractivity contribution is 0.420. The summed E-state index contributed by atoms with van der Waals surface area (Å²) < 4.78 is 7.72. The molecule has 0 fully saturated rings. The Morgan fingerprint density at radius 3 is 2.66 bits per heavy atom. The van der Waals surface area contributed by atoms with Gasteiger partial charge in [0.25, 0.3) is 0 Å². The third-order valence-corrected chi connectivity index (χ3v) is 4.86. The fourth-order valence-electron chi connectivity index (χ4n) is 3.09. The number of aliphatic hydroxyl groups excluding tert-OH is 1. The van der Waals surface area contributed by atoms with E-state index in [1.165, 1.54) is 12.2 Å². The van der Waals surface area contributed by atoms with Crippen molar-refractivity contribution >= 4 is 28.6 Å². The molecular formula is C23H23N3O2S. The summed E-state index contributed by atoms with van der Waals surface area (Å²) in [5, 5.41) is 19.8. The minimum Gasteiger partial charge on any atom is -0.507 e. The highest BCUT2D eigenvalue weighted by Crippen LogP contribution is 2.33. The van der Waals surface area contributed by atoms with Gasteiger partial charge in [-0.15, -0.1) is 0 Å². The minimum absolute atomic E-state index is 0.0302. The van der Waals surface area contributed by atoms with Crippen molar-refractivity contribution < 1.29 is 9.84 Å². The van der Waals surface area contributed by atoms with Gasteiger partial charge in [0.15, 0.2) is 10.6 Å². The van der Waals surface area contributed by atoms with Gasteiger partial charge in [-0.1, -0.05) is 56.0 Å². The number of aromatic amines is 1. The molecular weight excluding hydrogens is 382 g/mol. The summed E-state index contributed by atoms with van der Waals surface area (Å²) in [4.78, 5) is 0. The maximum atomic E-state index is 10.6. The first-order valence-electron chi connectivity index (χ1n) is 9.17. The highest BCUT2D eigenvalue weighted by molar-refractivity contribution is 7.71. The number of fused-ring (bicyclic) bond motifs is 1. The quantitative estimate of drug-likeness (QED) is 0.284. The number of hydrogen-bond donors (Lipinski definition) is 2. The molecule has 0 aliphatic carbocycles. The van der Waals surface area contributed by atoms with Crippen molar-refractivity contribution in [1.82, 2.24) is 14.8 Å². The van der Waals surface area contributed by atoms with Gasteiger partial charge in [0.2, 0.25) is 0 Å². The molecule has 5 nitrogen and oxygen atoms in total. The Balaban J connectivity index is 2.34. The lowest BCUT2D eigenvalue weighted by Gasteiger charge is -2.14. The Kier molecular flexibility index (Phi) is 6.14. The summed E-state index contributed by atoms with van der Waals surface area (Å²) in [5.41, 5.74) is 2.18. The van der Waals surface area contributed by atoms with E-state index in [4.69, 9.17) is 17.0 Å². The third-order valence-electron chi connectivity index (χ3n) is 4.59. The largest absolute Gasteiger partial charge is 0.507 e. The molecule has 0 aliphatic rings. The number of H-pyrrole nitrogens is 1. The van der Waals surface area contributed by atoms with Crippen molar-refractivity contribution in [3.05, 3.63) is 89.7 Å². The molecule has 0 radical (unpaired) electrons. The number of benzene rings is 2. The monoisotopic (exact) mass is 405 g/mol. The second kappa shape index (κ2) is 8.75. The molecule has 0 atom stereocenters. The van der Waals surface area contributed by atoms with Crippen LogP contribution in [0, 0.1) is 4.77 Å². The zero-order chi connectivity index (χ0) is 21.0. The van der Waals surface area contributed by atoms with Crippen LogP contribution in [0.2, 0.25) is 0 Å². The van der Waals surface area contributed by atoms with Gasteiger partial charge >= 0.3 is 0 Å². The lowest BCUT2D eigenvalue weighted by Crippen LogP contribution is -2.04. The second-order valence-corrected chi connectivity index (χ2v) is 6.76. The minimum atomic E-state index is 0.0302. The molecule has 0 bridgehead atoms. The maximum Gasteiger partial charge on any atom is 0.200 e. The van der Waals surface area contributed by atoms with Crippen molar-refractivity contribution in [3.63, 3.8) is 0 Å². The number of nitrogens with zero attached hydrogens (tertiary/aromatic N) is 2. The van der Waals surface area contributed by atoms with Gasteiger partial charge < -0.3 is 9.84 Å². The van der Waals surface area contributed by atoms with Crippen molar-refractivity contribution in [2.24, 2.45) is 0 Å². The fourth-order valence-corrected chi connectivity index (χ4v) is 3.32. The highest BCUT2D eigenvalue weighted by Gasteiger charge is 2.19. The number of aromatic nitrogens is 3. The van der Waals surface area contributed by atoms with Crippen LogP contribution in [0.5, 0.6) is 5.75 Å². The van der Waals surface area contributed by atoms with Crippen LogP contribution in [-0.4, -0.2) is 27.0 Å². The van der Waals surface area contributed by atoms with Gasteiger partial charge in [-0.25, -0.2) is 0 Å². The summed E-state index contributed by atoms with van der Waals surface area (Å²) in [7, 11) is 1.64. The zero-order valence-electron chi connectivity index (χ0n) is 16.5. The van der Waals surface area contributed by atoms with E-state index in [9.17, 15) is 5.11 Å². The van der Waals surface area contributed by atoms with E-state index < -0.39 is 0 Å². The molecule has 0 saturated carbocycles. The van der Waals surface area contributed by atoms with Crippen molar-refractivity contribution in [2.45, 2.75) is 13.3 Å². The number of allylic oxidation sites excluding steroid dienone is 5. The number of rotatable bonds is 7. The van der Waals surface area contributed by atoms with E-state index in [2.05, 4.69) is 23.4 Å². The van der Waals surface area contributed by atoms with Crippen molar-refractivity contribution in [1.29, 1.82) is 0 Å². The molecule has 3 rings (SSSR count). The van der Waals surface area contributed by atoms with Gasteiger partial charge in [0.05, 0.1) is 18.4 Å². The Morgan fingerprint density at radius 2 is 2.00 bits per heavy atom. The van der Waals surface area contributed by atoms with E-state index >= 15 is 0 Å². The molecule has 2 aromatic carbocycles. The molecule has 3 aromatic rings. The van der Waals surface area contributed by atoms with Crippen LogP contribution in [0.15, 0.2) is 79.1 Å². The smallest absolute Gasteiger partial charge is 0.200 e. The van der Waals surface area contributed by atoms with Crippen LogP contribution >= 0.6 is 12.2 Å². The standard InChI is InChI=1S/C23H23N3O2S/c1-5-9-20(27)18(14-15(3)6-2)22-24-25-23(29)26(22)19-12-13-21(28-4)17-11-8-7-10-16(17)19/h5,7-14,27H,1,3,6H2,2,4H3,(H,25,29)/b18-14+,20-9+. The molecule has 0 spiro atoms. The molecule has 29 heavy (non-hydrogen) atoms. The molecule has 148 valence electrons. The van der Waals surface area contributed by atoms with Gasteiger partial charge in [-0.3, -0.25) is 9.67 Å². The average molecular weight is 406 g/mol. The normalized spacial score (nSPS) is 12.2. The van der Waals surface area contributed by atoms with Crippen LogP contribution < -0.4 is 4.74 Å². The predicted octanol–water partition coefficient (Wildman–Crippen LogP) is 6.07. The third kappa shape index (κ3) is 3.93. The van der Waals surface area contributed by atoms with Crippen molar-refractivity contribution in [3.8, 4) is 11.4 Å². The Labute approximate surface area is 175 Å². The maximum absolute atomic E-state index is 10.6. The summed E-state index contributed by atoms with van der Waals surface area (Å²) in [5.74, 6) is 1.28. The Bertz CT molecular complexity index is 1200. The summed E-state index contributed by atoms with van der Waals surface area (Å²) >= 11 is 5.53. The van der Waals surface area contributed by atoms with Crippen LogP contribution in [0.1, 0.15) is 19.2 Å². The van der Waals surface area contributed by atoms with Crippen molar-refractivity contribution in [2.75, 3.05) is 7.11 Å². The average Bonchev–Trinajstić information content (AvgIpc) is 3.11. The molecule has 2 N–H and O–H groups in total. The SMILES string of the molecule is C=C/C=C(O)\C(=C/C(=C)CC)c1n[nH]c(=S)n1-c1ccc(OC)c2ccccc12. The Hall–Kier alpha value is -3.38. The van der Waals surface area contributed by atoms with E-state index in [1.807, 2.05) is 49.4 Å². The first-order valence-corrected chi connectivity index (χ1v) is 9.58. The van der Waals surface area contributed by atoms with Gasteiger partial charge in [-0.2, -0.15) is 5.10 Å². The van der Waals surface area contributed by atoms with E-state index in [0.29, 0.717) is 16.2 Å². The van der Waals surface area contributed by atoms with Gasteiger partial charge in [0.1, 0.15) is 11.5 Å². The summed E-state index contributed by atoms with van der Waals surface area (Å²) in [6, 6.07) is 11.7. The molecule has 0 unspecified atom stereocenters. The summed E-state index contributed by atoms with van der Waals surface area (Å²) in [6.07, 6.45) is 5.58. The molecule has 0 amide bonds. The lowest BCUT2D eigenvalue weighted by atomic mass is 10.1. The molecule has 1 heterocycles. The fraction of sp³-hybridized carbons (Fsp3) is 0.130. The zero-order valence-corrected chi connectivity index (χ0v) is 17.3. The number of ether oxygens (including phenoxy) is 1. The van der Waals surface area contributed by atoms with E-state index in [-0.39, 0.29) is 5.76 Å². The number of nitrogens with one attached hydrogen (secondary N) is 1. The van der Waals surface area contributed by atoms with Crippen LogP contribution in [0.4, 0.5) is 0 Å². The Morgan fingerprint density at radius 1 is 1.28 bits per heavy atom. The first-order chi connectivity index (χ1) is 14.0. The molecule has 1 aromatic heterocycles. The van der Waals surface area contributed by atoms with Gasteiger partial charge in [0, 0.05) is 10.8 Å². The van der Waals surface area contributed by atoms with E-state index in [1.54, 1.807) is 11.7 Å². The predicted molar refractivity (Wildman–Crippen MR) is 121 cm³/mol. The molecule has 0 aliphatic heterocycles. The number of hydrogen-bond acceptors (Lipinski definition) is 4. The number of aliphatic hydroxyl groups is 1. The first kappa shape index (κ1) is 20.4. The second-order valence-electron chi connectivity index (χ2n) is 6.38. The molecule has 0 saturated heterocycles. The summed E-state index contributed by atoms with van der Waals surface area (Å²) in [6.45, 7) is 9.70. The van der Waals surface area contributed by atoms with Crippen LogP contribution in [-0.2, 0) is 0 Å². The molecule has 6 heteroatoms. The van der Waals surface area contributed by atoms with E-state index in [0.717, 1.165) is 34.2 Å². The topological polar surface area (TPSA) is 63.1 Å². The van der Waals surface area contributed by atoms with Crippen LogP contribution in [0.25, 0.3) is 22.0 Å². The van der Waals surface area contributed by atoms with Crippen LogP contribution in [0.3, 0.4) is 0 Å². The highest BCUT2D eigenvalue weighted by atomic mass is 32.1. The number of methoxy groups -OCH3 is 1. The van der Waals surface area contributed by atoms with Gasteiger partial charge in [-0.05, 0) is 42.9 Å².